The second kappa shape index (κ2) is 52.1. The molecule has 0 N–H and O–H groups in total. The Balaban J connectivity index is 4.12. The lowest BCUT2D eigenvalue weighted by Gasteiger charge is -2.28. The summed E-state index contributed by atoms with van der Waals surface area (Å²) in [5, 5.41) is 0. The number of ether oxygens (including phenoxy) is 2. The molecule has 0 aliphatic rings. The van der Waals surface area contributed by atoms with Gasteiger partial charge >= 0.3 is 11.9 Å². The number of hydrogen-bond acceptors (Lipinski definition) is 8. The third-order valence-electron chi connectivity index (χ3n) is 13.1. The Bertz CT molecular complexity index is 1280. The van der Waals surface area contributed by atoms with E-state index >= 15 is 0 Å². The SMILES string of the molecule is CCCCCCC/C=C\C/C=C\CCCCCCCCCCCCCCCCCC(=O)OC(COC(=O)CCCCCCCCCCC/C=C\CCCCCCCC)COP(=O)([O-])OCC[N+](C)(C)C. The van der Waals surface area contributed by atoms with Crippen molar-refractivity contribution < 1.29 is 42.1 Å². The third kappa shape index (κ3) is 55.5. The van der Waals surface area contributed by atoms with Crippen LogP contribution in [0.5, 0.6) is 0 Å². The Labute approximate surface area is 433 Å². The highest BCUT2D eigenvalue weighted by molar-refractivity contribution is 7.45. The molecule has 0 aromatic heterocycles. The van der Waals surface area contributed by atoms with Crippen LogP contribution in [0.1, 0.15) is 284 Å². The Morgan fingerprint density at radius 1 is 0.443 bits per heavy atom. The number of carbonyl (C=O) groups is 2. The van der Waals surface area contributed by atoms with Crippen LogP contribution < -0.4 is 4.89 Å². The molecule has 2 unspecified atom stereocenters. The maximum Gasteiger partial charge on any atom is 0.306 e. The number of likely N-dealkylation sites (N-methyl/N-ethyl adjacent to an activating group) is 1. The third-order valence-corrected chi connectivity index (χ3v) is 14.1. The van der Waals surface area contributed by atoms with Crippen molar-refractivity contribution in [3.8, 4) is 0 Å². The number of quaternary nitrogens is 1. The molecule has 0 aromatic rings. The lowest BCUT2D eigenvalue weighted by molar-refractivity contribution is -0.870. The van der Waals surface area contributed by atoms with Gasteiger partial charge in [0.15, 0.2) is 6.10 Å². The van der Waals surface area contributed by atoms with Gasteiger partial charge in [-0.15, -0.1) is 0 Å². The normalized spacial score (nSPS) is 13.5. The van der Waals surface area contributed by atoms with E-state index in [0.29, 0.717) is 17.4 Å². The smallest absolute Gasteiger partial charge is 0.306 e. The maximum absolute atomic E-state index is 12.8. The van der Waals surface area contributed by atoms with Crippen molar-refractivity contribution in [1.82, 2.24) is 0 Å². The van der Waals surface area contributed by atoms with E-state index in [-0.39, 0.29) is 32.0 Å². The first-order valence-electron chi connectivity index (χ1n) is 29.7. The minimum Gasteiger partial charge on any atom is -0.756 e. The van der Waals surface area contributed by atoms with E-state index in [1.54, 1.807) is 0 Å². The second-order valence-corrected chi connectivity index (χ2v) is 22.8. The Morgan fingerprint density at radius 2 is 0.771 bits per heavy atom. The Morgan fingerprint density at radius 3 is 1.14 bits per heavy atom. The van der Waals surface area contributed by atoms with Crippen LogP contribution in [0.2, 0.25) is 0 Å². The average Bonchev–Trinajstić information content (AvgIpc) is 3.32. The molecule has 10 heteroatoms. The minimum absolute atomic E-state index is 0.0298. The van der Waals surface area contributed by atoms with Crippen LogP contribution >= 0.6 is 7.82 Å². The van der Waals surface area contributed by atoms with Crippen molar-refractivity contribution in [2.75, 3.05) is 47.5 Å². The van der Waals surface area contributed by atoms with E-state index in [1.807, 2.05) is 21.1 Å². The molecule has 0 radical (unpaired) electrons. The second-order valence-electron chi connectivity index (χ2n) is 21.4. The van der Waals surface area contributed by atoms with E-state index in [0.717, 1.165) is 44.9 Å². The monoisotopic (exact) mass is 1010 g/mol. The predicted octanol–water partition coefficient (Wildman–Crippen LogP) is 17.7. The lowest BCUT2D eigenvalue weighted by atomic mass is 10.0. The van der Waals surface area contributed by atoms with E-state index < -0.39 is 26.5 Å². The van der Waals surface area contributed by atoms with Gasteiger partial charge < -0.3 is 27.9 Å². The fraction of sp³-hybridized carbons (Fsp3) is 0.867. The van der Waals surface area contributed by atoms with Crippen LogP contribution in [0.15, 0.2) is 36.5 Å². The van der Waals surface area contributed by atoms with Gasteiger partial charge in [-0.1, -0.05) is 237 Å². The number of esters is 2. The predicted molar refractivity (Wildman–Crippen MR) is 296 cm³/mol. The first kappa shape index (κ1) is 68.2. The highest BCUT2D eigenvalue weighted by Crippen LogP contribution is 2.38. The molecule has 0 rings (SSSR count). The molecule has 412 valence electrons. The zero-order chi connectivity index (χ0) is 51.3. The number of nitrogens with zero attached hydrogens (tertiary/aromatic N) is 1. The highest BCUT2D eigenvalue weighted by Gasteiger charge is 2.22. The summed E-state index contributed by atoms with van der Waals surface area (Å²) >= 11 is 0. The van der Waals surface area contributed by atoms with Gasteiger partial charge in [0.05, 0.1) is 27.7 Å². The van der Waals surface area contributed by atoms with Gasteiger partial charge in [0.25, 0.3) is 7.82 Å². The number of phosphoric ester groups is 1. The first-order chi connectivity index (χ1) is 34.0. The highest BCUT2D eigenvalue weighted by atomic mass is 31.2. The molecule has 0 saturated heterocycles. The largest absolute Gasteiger partial charge is 0.756 e. The van der Waals surface area contributed by atoms with E-state index in [4.69, 9.17) is 18.5 Å². The van der Waals surface area contributed by atoms with Crippen LogP contribution in [0.3, 0.4) is 0 Å². The topological polar surface area (TPSA) is 111 Å². The van der Waals surface area contributed by atoms with E-state index in [2.05, 4.69) is 50.3 Å². The maximum atomic E-state index is 12.8. The summed E-state index contributed by atoms with van der Waals surface area (Å²) in [6.45, 7) is 4.26. The van der Waals surface area contributed by atoms with Gasteiger partial charge in [-0.3, -0.25) is 14.2 Å². The summed E-state index contributed by atoms with van der Waals surface area (Å²) in [6, 6.07) is 0. The molecule has 0 amide bonds. The van der Waals surface area contributed by atoms with Crippen LogP contribution in [0.25, 0.3) is 0 Å². The fourth-order valence-corrected chi connectivity index (χ4v) is 9.24. The van der Waals surface area contributed by atoms with Crippen molar-refractivity contribution in [3.63, 3.8) is 0 Å². The first-order valence-corrected chi connectivity index (χ1v) is 31.2. The van der Waals surface area contributed by atoms with Gasteiger partial charge in [-0.2, -0.15) is 0 Å². The van der Waals surface area contributed by atoms with Gasteiger partial charge in [-0.25, -0.2) is 0 Å². The van der Waals surface area contributed by atoms with Gasteiger partial charge in [0.1, 0.15) is 19.8 Å². The van der Waals surface area contributed by atoms with E-state index in [1.165, 1.54) is 205 Å². The Hall–Kier alpha value is -1.77. The number of unbranched alkanes of at least 4 members (excludes halogenated alkanes) is 35. The fourth-order valence-electron chi connectivity index (χ4n) is 8.51. The number of allylic oxidation sites excluding steroid dienone is 6. The van der Waals surface area contributed by atoms with Crippen molar-refractivity contribution in [2.24, 2.45) is 0 Å². The van der Waals surface area contributed by atoms with E-state index in [9.17, 15) is 19.0 Å². The Kier molecular flexibility index (Phi) is 50.8. The molecule has 9 nitrogen and oxygen atoms in total. The summed E-state index contributed by atoms with van der Waals surface area (Å²) in [4.78, 5) is 37.9. The van der Waals surface area contributed by atoms with Crippen LogP contribution in [-0.2, 0) is 32.7 Å². The molecule has 0 aliphatic heterocycles. The summed E-state index contributed by atoms with van der Waals surface area (Å²) in [5.41, 5.74) is 0. The molecule has 70 heavy (non-hydrogen) atoms. The summed E-state index contributed by atoms with van der Waals surface area (Å²) < 4.78 is 34.2. The van der Waals surface area contributed by atoms with Gasteiger partial charge in [0.2, 0.25) is 0 Å². The lowest BCUT2D eigenvalue weighted by Crippen LogP contribution is -2.37. The zero-order valence-corrected chi connectivity index (χ0v) is 47.6. The molecule has 0 aliphatic carbocycles. The van der Waals surface area contributed by atoms with Gasteiger partial charge in [0, 0.05) is 12.8 Å². The molecule has 0 spiro atoms. The molecular formula is C60H114NO8P. The van der Waals surface area contributed by atoms with Gasteiger partial charge in [-0.05, 0) is 70.6 Å². The summed E-state index contributed by atoms with van der Waals surface area (Å²) in [6.07, 6.45) is 63.3. The van der Waals surface area contributed by atoms with Crippen molar-refractivity contribution in [2.45, 2.75) is 290 Å². The average molecular weight is 1010 g/mol. The molecule has 0 saturated carbocycles. The summed E-state index contributed by atoms with van der Waals surface area (Å²) in [7, 11) is 1.18. The van der Waals surface area contributed by atoms with Crippen LogP contribution in [0, 0.1) is 0 Å². The number of rotatable bonds is 55. The molecular weight excluding hydrogens is 894 g/mol. The number of carbonyl (C=O) groups excluding carboxylic acids is 2. The molecule has 2 atom stereocenters. The summed E-state index contributed by atoms with van der Waals surface area (Å²) in [5.74, 6) is -0.824. The number of hydrogen-bond donors (Lipinski definition) is 0. The molecule has 0 aromatic carbocycles. The van der Waals surface area contributed by atoms with Crippen molar-refractivity contribution >= 4 is 19.8 Å². The molecule has 0 fully saturated rings. The standard InChI is InChI=1S/C60H114NO8P/c1-6-8-10-12-14-16-18-20-22-24-26-27-28-29-30-31-32-33-35-37-39-41-43-45-47-49-51-53-60(63)69-58(57-68-70(64,65)67-55-54-61(3,4)5)56-66-59(62)52-50-48-46-44-42-40-38-36-34-25-23-21-19-17-15-13-11-9-7-2/h18,20-21,23-24,26,58H,6-17,19,22,25,27-57H2,1-5H3/b20-18-,23-21-,26-24-. The van der Waals surface area contributed by atoms with Crippen molar-refractivity contribution in [3.05, 3.63) is 36.5 Å². The van der Waals surface area contributed by atoms with Crippen LogP contribution in [0.4, 0.5) is 0 Å². The van der Waals surface area contributed by atoms with Crippen LogP contribution in [-0.4, -0.2) is 70.0 Å². The molecule has 0 heterocycles. The minimum atomic E-state index is -4.63. The van der Waals surface area contributed by atoms with Crippen molar-refractivity contribution in [1.29, 1.82) is 0 Å². The number of phosphoric acid groups is 1. The zero-order valence-electron chi connectivity index (χ0n) is 46.7. The molecule has 0 bridgehead atoms. The quantitative estimate of drug-likeness (QED) is 0.0195.